The fraction of sp³-hybridized carbons (Fsp3) is 0.562. The van der Waals surface area contributed by atoms with Crippen LogP contribution in [0.5, 0.6) is 0 Å². The zero-order valence-electron chi connectivity index (χ0n) is 26.5. The second kappa shape index (κ2) is 19.5. The van der Waals surface area contributed by atoms with Gasteiger partial charge >= 0.3 is 35.7 Å². The zero-order valence-corrected chi connectivity index (χ0v) is 28.5. The summed E-state index contributed by atoms with van der Waals surface area (Å²) in [7, 11) is 0. The number of rotatable bonds is 12. The van der Waals surface area contributed by atoms with E-state index >= 15 is 0 Å². The van der Waals surface area contributed by atoms with Crippen LogP contribution >= 0.6 is 0 Å². The van der Waals surface area contributed by atoms with Crippen LogP contribution in [0.25, 0.3) is 10.9 Å². The summed E-state index contributed by atoms with van der Waals surface area (Å²) in [6.07, 6.45) is 8.61. The van der Waals surface area contributed by atoms with Crippen LogP contribution in [0, 0.1) is 12.5 Å². The first-order chi connectivity index (χ1) is 20.1. The molecular formula is C32H45N4NaO6. The maximum absolute atomic E-state index is 13.5. The fourth-order valence-corrected chi connectivity index (χ4v) is 5.62. The second-order valence-electron chi connectivity index (χ2n) is 11.0. The monoisotopic (exact) mass is 604 g/mol. The van der Waals surface area contributed by atoms with E-state index < -0.39 is 12.0 Å². The topological polar surface area (TPSA) is 135 Å². The van der Waals surface area contributed by atoms with E-state index in [0.29, 0.717) is 6.42 Å². The minimum absolute atomic E-state index is 0. The molecule has 11 heteroatoms. The normalized spacial score (nSPS) is 17.4. The van der Waals surface area contributed by atoms with Crippen molar-refractivity contribution in [2.45, 2.75) is 111 Å². The Morgan fingerprint density at radius 2 is 1.67 bits per heavy atom. The van der Waals surface area contributed by atoms with E-state index in [-0.39, 0.29) is 84.3 Å². The number of benzene rings is 1. The molecule has 1 aromatic carbocycles. The summed E-state index contributed by atoms with van der Waals surface area (Å²) in [4.78, 5) is 70.4. The Hall–Kier alpha value is -2.78. The third-order valence-corrected chi connectivity index (χ3v) is 7.90. The van der Waals surface area contributed by atoms with Crippen molar-refractivity contribution in [3.8, 4) is 0 Å². The molecule has 10 nitrogen and oxygen atoms in total. The van der Waals surface area contributed by atoms with Gasteiger partial charge < -0.3 is 15.5 Å². The van der Waals surface area contributed by atoms with Crippen LogP contribution in [0.2, 0.25) is 0 Å². The van der Waals surface area contributed by atoms with Gasteiger partial charge in [-0.15, -0.1) is 0 Å². The number of carbonyl (C=O) groups is 4. The molecule has 2 heterocycles. The van der Waals surface area contributed by atoms with E-state index in [9.17, 15) is 19.2 Å². The summed E-state index contributed by atoms with van der Waals surface area (Å²) in [5, 5.41) is 6.68. The number of para-hydroxylation sites is 1. The Kier molecular flexibility index (Phi) is 17.3. The molecule has 43 heavy (non-hydrogen) atoms. The van der Waals surface area contributed by atoms with Gasteiger partial charge in [0, 0.05) is 49.4 Å². The summed E-state index contributed by atoms with van der Waals surface area (Å²) in [6, 6.07) is 7.03. The van der Waals surface area contributed by atoms with Crippen molar-refractivity contribution in [2.75, 3.05) is 0 Å². The van der Waals surface area contributed by atoms with Gasteiger partial charge in [-0.3, -0.25) is 23.7 Å². The van der Waals surface area contributed by atoms with Gasteiger partial charge in [0.2, 0.25) is 23.6 Å². The van der Waals surface area contributed by atoms with E-state index in [2.05, 4.69) is 31.4 Å². The van der Waals surface area contributed by atoms with Crippen LogP contribution in [0.3, 0.4) is 0 Å². The first kappa shape index (κ1) is 38.2. The van der Waals surface area contributed by atoms with E-state index in [4.69, 9.17) is 9.59 Å². The zero-order chi connectivity index (χ0) is 31.2. The second-order valence-corrected chi connectivity index (χ2v) is 11.0. The van der Waals surface area contributed by atoms with E-state index in [1.54, 1.807) is 17.3 Å². The van der Waals surface area contributed by atoms with Gasteiger partial charge in [-0.2, -0.15) is 16.0 Å². The van der Waals surface area contributed by atoms with Crippen LogP contribution in [-0.2, 0) is 30.4 Å². The minimum atomic E-state index is -0.849. The SMILES string of the molecule is CCCC[CH-]NC(=O)[C@@H](Cc1cn(C(C)=O)c2ccccc12)NC(=O)[C@H](CC)CC(=O)N1[C@H](C)CCC[C@@H]1C.O=C=O.[Na+]. The number of nitrogens with zero attached hydrogens (tertiary/aromatic N) is 2. The summed E-state index contributed by atoms with van der Waals surface area (Å²) in [5.74, 6) is -1.27. The molecule has 0 unspecified atom stereocenters. The molecular weight excluding hydrogens is 559 g/mol. The van der Waals surface area contributed by atoms with Gasteiger partial charge in [-0.05, 0) is 51.2 Å². The molecule has 3 amide bonds. The Morgan fingerprint density at radius 1 is 1.05 bits per heavy atom. The average molecular weight is 605 g/mol. The number of piperidine rings is 1. The number of unbranched alkanes of at least 4 members (excludes halogenated alkanes) is 2. The standard InChI is InChI=1S/C31H45N4O4.CO2.Na/c1-6-8-11-17-32-31(39)27(18-25-20-34(23(5)36)28-16-10-9-15-26(25)28)33-30(38)24(7-2)19-29(37)35-21(3)13-12-14-22(35)4;2-1-3;/h9-10,15-17,20-22,24,27H,6-8,11-14,18-19H2,1-5H3,(H,32,39)(H,33,38);;/q-1;;+1/t21-,22+,24-,27-;;/m1../s1. The quantitative estimate of drug-likeness (QED) is 0.214. The minimum Gasteiger partial charge on any atom is -0.504 e. The first-order valence-corrected chi connectivity index (χ1v) is 14.9. The number of nitrogens with one attached hydrogen (secondary N) is 2. The molecule has 2 N–H and O–H groups in total. The van der Waals surface area contributed by atoms with Gasteiger partial charge in [-0.25, -0.2) is 6.54 Å². The average Bonchev–Trinajstić information content (AvgIpc) is 3.32. The number of hydrogen-bond donors (Lipinski definition) is 2. The summed E-state index contributed by atoms with van der Waals surface area (Å²) in [6.45, 7) is 11.4. The van der Waals surface area contributed by atoms with Crippen LogP contribution in [0.1, 0.15) is 96.3 Å². The van der Waals surface area contributed by atoms with E-state index in [0.717, 1.165) is 55.0 Å². The Labute approximate surface area is 277 Å². The van der Waals surface area contributed by atoms with Crippen molar-refractivity contribution < 1.29 is 58.3 Å². The van der Waals surface area contributed by atoms with Crippen molar-refractivity contribution >= 4 is 40.7 Å². The molecule has 0 saturated carbocycles. The number of amides is 3. The summed E-state index contributed by atoms with van der Waals surface area (Å²) < 4.78 is 1.57. The number of carbonyl (C=O) groups excluding carboxylic acids is 6. The Balaban J connectivity index is 0.00000221. The van der Waals surface area contributed by atoms with E-state index in [1.807, 2.05) is 36.1 Å². The van der Waals surface area contributed by atoms with Crippen LogP contribution in [0.15, 0.2) is 30.5 Å². The molecule has 0 spiro atoms. The number of aromatic nitrogens is 1. The molecule has 0 aliphatic carbocycles. The number of hydrogen-bond acceptors (Lipinski definition) is 6. The van der Waals surface area contributed by atoms with Crippen molar-refractivity contribution in [2.24, 2.45) is 5.92 Å². The Bertz CT molecular complexity index is 1250. The maximum atomic E-state index is 13.5. The van der Waals surface area contributed by atoms with Gasteiger partial charge in [0.1, 0.15) is 6.04 Å². The summed E-state index contributed by atoms with van der Waals surface area (Å²) >= 11 is 0. The summed E-state index contributed by atoms with van der Waals surface area (Å²) in [5.41, 5.74) is 1.57. The molecule has 2 aromatic rings. The number of likely N-dealkylation sites (tertiary alicyclic amines) is 1. The van der Waals surface area contributed by atoms with Crippen LogP contribution in [0.4, 0.5) is 0 Å². The van der Waals surface area contributed by atoms with Gasteiger partial charge in [-0.1, -0.05) is 44.9 Å². The van der Waals surface area contributed by atoms with Gasteiger partial charge in [0.25, 0.3) is 0 Å². The largest absolute Gasteiger partial charge is 1.00 e. The van der Waals surface area contributed by atoms with Crippen molar-refractivity contribution in [1.82, 2.24) is 20.1 Å². The fourth-order valence-electron chi connectivity index (χ4n) is 5.62. The predicted octanol–water partition coefficient (Wildman–Crippen LogP) is 1.42. The molecule has 1 aliphatic heterocycles. The van der Waals surface area contributed by atoms with Crippen LogP contribution in [-0.4, -0.2) is 57.4 Å². The van der Waals surface area contributed by atoms with E-state index in [1.165, 1.54) is 6.92 Å². The number of fused-ring (bicyclic) bond motifs is 1. The molecule has 1 aromatic heterocycles. The molecule has 4 atom stereocenters. The maximum Gasteiger partial charge on any atom is 1.00 e. The molecule has 1 fully saturated rings. The molecule has 0 bridgehead atoms. The van der Waals surface area contributed by atoms with Crippen molar-refractivity contribution in [1.29, 1.82) is 0 Å². The van der Waals surface area contributed by atoms with Crippen molar-refractivity contribution in [3.63, 3.8) is 0 Å². The molecule has 0 radical (unpaired) electrons. The molecule has 1 saturated heterocycles. The predicted molar refractivity (Wildman–Crippen MR) is 159 cm³/mol. The van der Waals surface area contributed by atoms with Gasteiger partial charge in [0.05, 0.1) is 5.52 Å². The van der Waals surface area contributed by atoms with Gasteiger partial charge in [0.15, 0.2) is 0 Å². The third kappa shape index (κ3) is 11.0. The van der Waals surface area contributed by atoms with Crippen LogP contribution < -0.4 is 40.2 Å². The Morgan fingerprint density at radius 3 is 2.26 bits per heavy atom. The molecule has 1 aliphatic rings. The smallest absolute Gasteiger partial charge is 0.504 e. The molecule has 230 valence electrons. The van der Waals surface area contributed by atoms with Crippen molar-refractivity contribution in [3.05, 3.63) is 42.6 Å². The first-order valence-electron chi connectivity index (χ1n) is 14.9. The molecule has 3 rings (SSSR count). The third-order valence-electron chi connectivity index (χ3n) is 7.90.